The summed E-state index contributed by atoms with van der Waals surface area (Å²) in [6.07, 6.45) is -0.718. The van der Waals surface area contributed by atoms with Crippen molar-refractivity contribution in [1.29, 1.82) is 0 Å². The number of aliphatic carboxylic acids is 1. The van der Waals surface area contributed by atoms with Crippen LogP contribution in [0, 0.1) is 5.92 Å². The van der Waals surface area contributed by atoms with E-state index in [0.29, 0.717) is 5.75 Å². The van der Waals surface area contributed by atoms with Crippen molar-refractivity contribution >= 4 is 29.7 Å². The second-order valence-electron chi connectivity index (χ2n) is 7.77. The van der Waals surface area contributed by atoms with Crippen LogP contribution in [0.25, 0.3) is 0 Å². The van der Waals surface area contributed by atoms with Crippen molar-refractivity contribution in [3.8, 4) is 0 Å². The average Bonchev–Trinajstić information content (AvgIpc) is 2.57. The molecule has 1 aromatic carbocycles. The van der Waals surface area contributed by atoms with Gasteiger partial charge in [0.05, 0.1) is 0 Å². The first kappa shape index (κ1) is 23.8. The van der Waals surface area contributed by atoms with Gasteiger partial charge in [0, 0.05) is 11.5 Å². The maximum absolute atomic E-state index is 12.6. The topological polar surface area (TPSA) is 105 Å². The number of hydrogen-bond donors (Lipinski definition) is 3. The Morgan fingerprint density at radius 2 is 1.71 bits per heavy atom. The highest BCUT2D eigenvalue weighted by atomic mass is 32.2. The van der Waals surface area contributed by atoms with Crippen molar-refractivity contribution in [2.45, 2.75) is 58.1 Å². The zero-order valence-electron chi connectivity index (χ0n) is 17.0. The van der Waals surface area contributed by atoms with E-state index in [1.807, 2.05) is 30.3 Å². The third kappa shape index (κ3) is 9.12. The minimum absolute atomic E-state index is 0.282. The van der Waals surface area contributed by atoms with Crippen molar-refractivity contribution in [2.75, 3.05) is 5.75 Å². The SMILES string of the molecule is CC(C)[C@H](NC(=O)[C@H](CSCc1ccccc1)NC(=O)OC(C)(C)C)C(=O)O. The van der Waals surface area contributed by atoms with Crippen molar-refractivity contribution < 1.29 is 24.2 Å². The Morgan fingerprint density at radius 1 is 1.11 bits per heavy atom. The van der Waals surface area contributed by atoms with E-state index in [1.165, 1.54) is 11.8 Å². The molecular formula is C20H30N2O5S. The van der Waals surface area contributed by atoms with Crippen LogP contribution in [-0.4, -0.2) is 46.5 Å². The van der Waals surface area contributed by atoms with Gasteiger partial charge in [0.2, 0.25) is 5.91 Å². The second kappa shape index (κ2) is 10.9. The lowest BCUT2D eigenvalue weighted by molar-refractivity contribution is -0.143. The molecule has 0 unspecified atom stereocenters. The first-order valence-electron chi connectivity index (χ1n) is 9.14. The summed E-state index contributed by atoms with van der Waals surface area (Å²) in [6, 6.07) is 7.79. The fourth-order valence-corrected chi connectivity index (χ4v) is 3.29. The summed E-state index contributed by atoms with van der Waals surface area (Å²) in [5.41, 5.74) is 0.388. The van der Waals surface area contributed by atoms with Crippen LogP contribution in [0.1, 0.15) is 40.2 Å². The van der Waals surface area contributed by atoms with Crippen molar-refractivity contribution in [1.82, 2.24) is 10.6 Å². The third-order valence-electron chi connectivity index (χ3n) is 3.63. The number of carbonyl (C=O) groups is 3. The van der Waals surface area contributed by atoms with E-state index < -0.39 is 35.7 Å². The highest BCUT2D eigenvalue weighted by Gasteiger charge is 2.29. The predicted molar refractivity (Wildman–Crippen MR) is 110 cm³/mol. The van der Waals surface area contributed by atoms with Crippen LogP contribution in [0.15, 0.2) is 30.3 Å². The molecule has 28 heavy (non-hydrogen) atoms. The lowest BCUT2D eigenvalue weighted by Crippen LogP contribution is -2.54. The van der Waals surface area contributed by atoms with E-state index >= 15 is 0 Å². The number of alkyl carbamates (subject to hydrolysis) is 1. The molecule has 0 spiro atoms. The number of nitrogens with one attached hydrogen (secondary N) is 2. The summed E-state index contributed by atoms with van der Waals surface area (Å²) >= 11 is 1.47. The molecule has 0 fully saturated rings. The molecule has 3 N–H and O–H groups in total. The molecule has 0 aliphatic heterocycles. The Kier molecular flexibility index (Phi) is 9.31. The van der Waals surface area contributed by atoms with E-state index in [9.17, 15) is 19.5 Å². The lowest BCUT2D eigenvalue weighted by atomic mass is 10.0. The predicted octanol–water partition coefficient (Wildman–Crippen LogP) is 3.04. The van der Waals surface area contributed by atoms with E-state index in [2.05, 4.69) is 10.6 Å². The number of rotatable bonds is 9. The minimum atomic E-state index is -1.11. The quantitative estimate of drug-likeness (QED) is 0.578. The third-order valence-corrected chi connectivity index (χ3v) is 4.74. The minimum Gasteiger partial charge on any atom is -0.480 e. The number of ether oxygens (including phenoxy) is 1. The van der Waals surface area contributed by atoms with Crippen LogP contribution >= 0.6 is 11.8 Å². The molecule has 7 nitrogen and oxygen atoms in total. The first-order valence-corrected chi connectivity index (χ1v) is 10.3. The summed E-state index contributed by atoms with van der Waals surface area (Å²) in [4.78, 5) is 36.1. The zero-order valence-corrected chi connectivity index (χ0v) is 17.8. The standard InChI is InChI=1S/C20H30N2O5S/c1-13(2)16(18(24)25)22-17(23)15(21-19(26)27-20(3,4)5)12-28-11-14-9-7-6-8-10-14/h6-10,13,15-16H,11-12H2,1-5H3,(H,21,26)(H,22,23)(H,24,25)/t15-,16-/m0/s1. The smallest absolute Gasteiger partial charge is 0.408 e. The maximum atomic E-state index is 12.6. The van der Waals surface area contributed by atoms with Gasteiger partial charge in [-0.3, -0.25) is 4.79 Å². The van der Waals surface area contributed by atoms with Crippen LogP contribution in [0.4, 0.5) is 4.79 Å². The number of amides is 2. The van der Waals surface area contributed by atoms with Crippen LogP contribution in [-0.2, 0) is 20.1 Å². The molecule has 1 aromatic rings. The van der Waals surface area contributed by atoms with Crippen LogP contribution in [0.3, 0.4) is 0 Å². The molecule has 0 aromatic heterocycles. The van der Waals surface area contributed by atoms with Crippen LogP contribution in [0.5, 0.6) is 0 Å². The fourth-order valence-electron chi connectivity index (χ4n) is 2.27. The number of carbonyl (C=O) groups excluding carboxylic acids is 2. The average molecular weight is 411 g/mol. The molecule has 0 aliphatic carbocycles. The Balaban J connectivity index is 2.79. The van der Waals surface area contributed by atoms with Gasteiger partial charge in [0.25, 0.3) is 0 Å². The highest BCUT2D eigenvalue weighted by Crippen LogP contribution is 2.14. The fraction of sp³-hybridized carbons (Fsp3) is 0.550. The molecule has 1 rings (SSSR count). The Labute approximate surface area is 170 Å². The van der Waals surface area contributed by atoms with Crippen molar-refractivity contribution in [2.24, 2.45) is 5.92 Å². The number of carboxylic acid groups (broad SMARTS) is 1. The largest absolute Gasteiger partial charge is 0.480 e. The Morgan fingerprint density at radius 3 is 2.21 bits per heavy atom. The highest BCUT2D eigenvalue weighted by molar-refractivity contribution is 7.98. The summed E-state index contributed by atoms with van der Waals surface area (Å²) in [5.74, 6) is -1.01. The molecule has 2 amide bonds. The van der Waals surface area contributed by atoms with Crippen LogP contribution in [0.2, 0.25) is 0 Å². The normalized spacial score (nSPS) is 13.5. The Bertz CT molecular complexity index is 658. The Hall–Kier alpha value is -2.22. The molecule has 0 radical (unpaired) electrons. The molecule has 2 atom stereocenters. The van der Waals surface area contributed by atoms with Gasteiger partial charge in [-0.15, -0.1) is 0 Å². The number of hydrogen-bond acceptors (Lipinski definition) is 5. The molecule has 0 saturated carbocycles. The molecule has 156 valence electrons. The van der Waals surface area contributed by atoms with Crippen molar-refractivity contribution in [3.05, 3.63) is 35.9 Å². The van der Waals surface area contributed by atoms with E-state index in [-0.39, 0.29) is 11.7 Å². The molecule has 8 heteroatoms. The van der Waals surface area contributed by atoms with Gasteiger partial charge in [0.15, 0.2) is 0 Å². The number of thioether (sulfide) groups is 1. The number of benzene rings is 1. The van der Waals surface area contributed by atoms with Gasteiger partial charge in [-0.25, -0.2) is 9.59 Å². The maximum Gasteiger partial charge on any atom is 0.408 e. The van der Waals surface area contributed by atoms with Gasteiger partial charge in [-0.05, 0) is 32.3 Å². The zero-order chi connectivity index (χ0) is 21.3. The van der Waals surface area contributed by atoms with Gasteiger partial charge in [0.1, 0.15) is 17.7 Å². The monoisotopic (exact) mass is 410 g/mol. The van der Waals surface area contributed by atoms with Gasteiger partial charge < -0.3 is 20.5 Å². The molecule has 0 bridgehead atoms. The van der Waals surface area contributed by atoms with E-state index in [1.54, 1.807) is 34.6 Å². The van der Waals surface area contributed by atoms with Crippen molar-refractivity contribution in [3.63, 3.8) is 0 Å². The van der Waals surface area contributed by atoms with Gasteiger partial charge in [-0.2, -0.15) is 11.8 Å². The molecular weight excluding hydrogens is 380 g/mol. The molecule has 0 aliphatic rings. The molecule has 0 saturated heterocycles. The first-order chi connectivity index (χ1) is 13.0. The summed E-state index contributed by atoms with van der Waals surface area (Å²) in [5, 5.41) is 14.4. The van der Waals surface area contributed by atoms with Gasteiger partial charge >= 0.3 is 12.1 Å². The molecule has 0 heterocycles. The van der Waals surface area contributed by atoms with Gasteiger partial charge in [-0.1, -0.05) is 44.2 Å². The summed E-state index contributed by atoms with van der Waals surface area (Å²) < 4.78 is 5.23. The number of carboxylic acids is 1. The second-order valence-corrected chi connectivity index (χ2v) is 8.80. The summed E-state index contributed by atoms with van der Waals surface area (Å²) in [6.45, 7) is 8.60. The van der Waals surface area contributed by atoms with E-state index in [0.717, 1.165) is 5.56 Å². The van der Waals surface area contributed by atoms with E-state index in [4.69, 9.17) is 4.74 Å². The summed E-state index contributed by atoms with van der Waals surface area (Å²) in [7, 11) is 0. The lowest BCUT2D eigenvalue weighted by Gasteiger charge is -2.25. The van der Waals surface area contributed by atoms with Crippen LogP contribution < -0.4 is 10.6 Å².